The number of rotatable bonds is 2. The van der Waals surface area contributed by atoms with Crippen LogP contribution in [0, 0.1) is 11.6 Å². The van der Waals surface area contributed by atoms with Gasteiger partial charge in [0, 0.05) is 11.6 Å². The van der Waals surface area contributed by atoms with Crippen molar-refractivity contribution < 1.29 is 18.7 Å². The molecule has 1 rings (SSSR count). The zero-order chi connectivity index (χ0) is 9.84. The first-order chi connectivity index (χ1) is 6.15. The van der Waals surface area contributed by atoms with E-state index < -0.39 is 17.4 Å². The molecule has 68 valence electrons. The highest BCUT2D eigenvalue weighted by Gasteiger charge is 2.06. The fraction of sp³-hybridized carbons (Fsp3) is 0. The molecule has 0 spiro atoms. The second-order valence-electron chi connectivity index (χ2n) is 2.31. The molecule has 1 aromatic carbocycles. The first kappa shape index (κ1) is 9.38. The maximum atomic E-state index is 12.6. The Kier molecular flexibility index (Phi) is 2.74. The van der Waals surface area contributed by atoms with E-state index in [1.165, 1.54) is 0 Å². The molecule has 0 aliphatic rings. The third kappa shape index (κ3) is 2.11. The van der Waals surface area contributed by atoms with Gasteiger partial charge >= 0.3 is 0 Å². The minimum Gasteiger partial charge on any atom is -0.515 e. The van der Waals surface area contributed by atoms with Crippen LogP contribution in [-0.2, 0) is 0 Å². The van der Waals surface area contributed by atoms with Gasteiger partial charge < -0.3 is 5.11 Å². The molecule has 0 radical (unpaired) electrons. The normalized spacial score (nSPS) is 10.6. The molecule has 0 heterocycles. The third-order valence-electron chi connectivity index (χ3n) is 1.43. The van der Waals surface area contributed by atoms with Gasteiger partial charge in [0.05, 0.1) is 6.26 Å². The molecule has 0 bridgehead atoms. The number of hydrogen-bond acceptors (Lipinski definition) is 2. The van der Waals surface area contributed by atoms with Gasteiger partial charge in [-0.25, -0.2) is 8.78 Å². The second-order valence-corrected chi connectivity index (χ2v) is 2.31. The molecular formula is C9H6F2O2. The standard InChI is InChI=1S/C9H6F2O2/c10-7-2-1-6(5-8(7)11)9(13)3-4-12/h1-5,12H/b4-3+. The summed E-state index contributed by atoms with van der Waals surface area (Å²) in [5.41, 5.74) is -0.01000. The lowest BCUT2D eigenvalue weighted by Gasteiger charge is -1.96. The number of aliphatic hydroxyl groups excluding tert-OH is 1. The van der Waals surface area contributed by atoms with Crippen molar-refractivity contribution >= 4 is 5.78 Å². The molecule has 0 fully saturated rings. The van der Waals surface area contributed by atoms with Crippen molar-refractivity contribution in [3.63, 3.8) is 0 Å². The summed E-state index contributed by atoms with van der Waals surface area (Å²) >= 11 is 0. The van der Waals surface area contributed by atoms with Crippen LogP contribution in [0.5, 0.6) is 0 Å². The van der Waals surface area contributed by atoms with E-state index in [1.54, 1.807) is 0 Å². The van der Waals surface area contributed by atoms with Gasteiger partial charge in [-0.1, -0.05) is 0 Å². The van der Waals surface area contributed by atoms with Crippen molar-refractivity contribution in [3.05, 3.63) is 47.7 Å². The summed E-state index contributed by atoms with van der Waals surface area (Å²) in [4.78, 5) is 11.0. The Bertz CT molecular complexity index is 359. The monoisotopic (exact) mass is 184 g/mol. The molecule has 0 atom stereocenters. The van der Waals surface area contributed by atoms with Crippen LogP contribution in [0.15, 0.2) is 30.5 Å². The van der Waals surface area contributed by atoms with Crippen LogP contribution in [0.3, 0.4) is 0 Å². The largest absolute Gasteiger partial charge is 0.515 e. The van der Waals surface area contributed by atoms with Gasteiger partial charge in [-0.05, 0) is 18.2 Å². The van der Waals surface area contributed by atoms with Crippen LogP contribution in [0.4, 0.5) is 8.78 Å². The number of benzene rings is 1. The molecule has 13 heavy (non-hydrogen) atoms. The van der Waals surface area contributed by atoms with Crippen molar-refractivity contribution in [1.29, 1.82) is 0 Å². The summed E-state index contributed by atoms with van der Waals surface area (Å²) in [6.07, 6.45) is 1.40. The number of halogens is 2. The SMILES string of the molecule is O=C(/C=C/O)c1ccc(F)c(F)c1. The Morgan fingerprint density at radius 1 is 1.31 bits per heavy atom. The zero-order valence-electron chi connectivity index (χ0n) is 6.50. The topological polar surface area (TPSA) is 37.3 Å². The molecule has 0 aliphatic carbocycles. The minimum absolute atomic E-state index is 0.01000. The number of carbonyl (C=O) groups is 1. The smallest absolute Gasteiger partial charge is 0.188 e. The van der Waals surface area contributed by atoms with Crippen LogP contribution in [0.25, 0.3) is 0 Å². The van der Waals surface area contributed by atoms with Gasteiger partial charge in [0.25, 0.3) is 0 Å². The summed E-state index contributed by atoms with van der Waals surface area (Å²) in [5, 5.41) is 8.25. The Labute approximate surface area is 73.1 Å². The number of allylic oxidation sites excluding steroid dienone is 1. The average molecular weight is 184 g/mol. The van der Waals surface area contributed by atoms with Gasteiger partial charge in [0.2, 0.25) is 0 Å². The van der Waals surface area contributed by atoms with E-state index in [-0.39, 0.29) is 5.56 Å². The lowest BCUT2D eigenvalue weighted by atomic mass is 10.1. The first-order valence-corrected chi connectivity index (χ1v) is 3.45. The maximum absolute atomic E-state index is 12.6. The second kappa shape index (κ2) is 3.80. The van der Waals surface area contributed by atoms with E-state index in [0.717, 1.165) is 24.3 Å². The van der Waals surface area contributed by atoms with Gasteiger partial charge in [-0.2, -0.15) is 0 Å². The lowest BCUT2D eigenvalue weighted by Crippen LogP contribution is -1.96. The van der Waals surface area contributed by atoms with Crippen molar-refractivity contribution in [3.8, 4) is 0 Å². The van der Waals surface area contributed by atoms with Gasteiger partial charge in [0.1, 0.15) is 0 Å². The summed E-state index contributed by atoms with van der Waals surface area (Å²) < 4.78 is 25.0. The number of ketones is 1. The van der Waals surface area contributed by atoms with Crippen LogP contribution in [0.1, 0.15) is 10.4 Å². The highest BCUT2D eigenvalue weighted by molar-refractivity contribution is 6.04. The highest BCUT2D eigenvalue weighted by Crippen LogP contribution is 2.09. The summed E-state index contributed by atoms with van der Waals surface area (Å²) in [6.45, 7) is 0. The molecule has 0 aliphatic heterocycles. The van der Waals surface area contributed by atoms with E-state index in [0.29, 0.717) is 6.26 Å². The predicted molar refractivity (Wildman–Crippen MR) is 42.5 cm³/mol. The maximum Gasteiger partial charge on any atom is 0.188 e. The Balaban J connectivity index is 3.04. The molecule has 1 N–H and O–H groups in total. The molecule has 0 saturated heterocycles. The molecule has 1 aromatic rings. The van der Waals surface area contributed by atoms with Gasteiger partial charge in [0.15, 0.2) is 17.4 Å². The Morgan fingerprint density at radius 2 is 2.00 bits per heavy atom. The molecule has 0 saturated carbocycles. The summed E-state index contributed by atoms with van der Waals surface area (Å²) in [7, 11) is 0. The molecule has 0 unspecified atom stereocenters. The first-order valence-electron chi connectivity index (χ1n) is 3.45. The minimum atomic E-state index is -1.09. The Hall–Kier alpha value is -1.71. The summed E-state index contributed by atoms with van der Waals surface area (Å²) in [6, 6.07) is 2.77. The quantitative estimate of drug-likeness (QED) is 0.434. The predicted octanol–water partition coefficient (Wildman–Crippen LogP) is 2.22. The fourth-order valence-corrected chi connectivity index (χ4v) is 0.813. The molecule has 0 amide bonds. The number of carbonyl (C=O) groups excluding carboxylic acids is 1. The van der Waals surface area contributed by atoms with Crippen LogP contribution >= 0.6 is 0 Å². The third-order valence-corrected chi connectivity index (χ3v) is 1.43. The van der Waals surface area contributed by atoms with Crippen molar-refractivity contribution in [2.24, 2.45) is 0 Å². The van der Waals surface area contributed by atoms with E-state index in [1.807, 2.05) is 0 Å². The van der Waals surface area contributed by atoms with E-state index in [9.17, 15) is 13.6 Å². The van der Waals surface area contributed by atoms with Gasteiger partial charge in [-0.15, -0.1) is 0 Å². The number of aliphatic hydroxyl groups is 1. The molecular weight excluding hydrogens is 178 g/mol. The average Bonchev–Trinajstić information content (AvgIpc) is 2.10. The Morgan fingerprint density at radius 3 is 2.54 bits per heavy atom. The van der Waals surface area contributed by atoms with E-state index >= 15 is 0 Å². The van der Waals surface area contributed by atoms with Crippen molar-refractivity contribution in [1.82, 2.24) is 0 Å². The van der Waals surface area contributed by atoms with Crippen LogP contribution in [-0.4, -0.2) is 10.9 Å². The van der Waals surface area contributed by atoms with E-state index in [2.05, 4.69) is 0 Å². The molecule has 0 aromatic heterocycles. The van der Waals surface area contributed by atoms with Crippen molar-refractivity contribution in [2.75, 3.05) is 0 Å². The van der Waals surface area contributed by atoms with Crippen LogP contribution in [0.2, 0.25) is 0 Å². The molecule has 4 heteroatoms. The number of hydrogen-bond donors (Lipinski definition) is 1. The zero-order valence-corrected chi connectivity index (χ0v) is 6.50. The van der Waals surface area contributed by atoms with E-state index in [4.69, 9.17) is 5.11 Å². The van der Waals surface area contributed by atoms with Crippen molar-refractivity contribution in [2.45, 2.75) is 0 Å². The lowest BCUT2D eigenvalue weighted by molar-refractivity contribution is 0.104. The molecule has 2 nitrogen and oxygen atoms in total. The summed E-state index contributed by atoms with van der Waals surface area (Å²) in [5.74, 6) is -2.68. The van der Waals surface area contributed by atoms with Gasteiger partial charge in [-0.3, -0.25) is 4.79 Å². The van der Waals surface area contributed by atoms with Crippen LogP contribution < -0.4 is 0 Å². The highest BCUT2D eigenvalue weighted by atomic mass is 19.2. The fourth-order valence-electron chi connectivity index (χ4n) is 0.813.